The average molecular weight is 287 g/mol. The number of methoxy groups -OCH3 is 1. The smallest absolute Gasteiger partial charge is 0.242 e. The van der Waals surface area contributed by atoms with Crippen LogP contribution < -0.4 is 15.8 Å². The SMILES string of the molecule is COc1nc(CC(C)C)nc(NCc2ccccn2)c1N. The van der Waals surface area contributed by atoms with E-state index in [2.05, 4.69) is 34.1 Å². The van der Waals surface area contributed by atoms with Crippen LogP contribution in [0.1, 0.15) is 25.4 Å². The number of anilines is 2. The first kappa shape index (κ1) is 15.0. The molecule has 112 valence electrons. The number of pyridine rings is 1. The maximum Gasteiger partial charge on any atom is 0.242 e. The summed E-state index contributed by atoms with van der Waals surface area (Å²) in [6.07, 6.45) is 2.53. The maximum atomic E-state index is 6.02. The molecule has 0 amide bonds. The molecule has 0 unspecified atom stereocenters. The molecule has 0 atom stereocenters. The molecule has 0 aliphatic carbocycles. The summed E-state index contributed by atoms with van der Waals surface area (Å²) >= 11 is 0. The van der Waals surface area contributed by atoms with Crippen molar-refractivity contribution >= 4 is 11.5 Å². The molecule has 0 saturated heterocycles. The van der Waals surface area contributed by atoms with Crippen molar-refractivity contribution < 1.29 is 4.74 Å². The molecule has 2 aromatic rings. The zero-order valence-corrected chi connectivity index (χ0v) is 12.6. The van der Waals surface area contributed by atoms with Gasteiger partial charge in [-0.25, -0.2) is 4.98 Å². The largest absolute Gasteiger partial charge is 0.479 e. The third-order valence-electron chi connectivity index (χ3n) is 2.90. The molecule has 0 bridgehead atoms. The lowest BCUT2D eigenvalue weighted by molar-refractivity contribution is 0.396. The number of hydrogen-bond donors (Lipinski definition) is 2. The molecule has 0 aliphatic heterocycles. The number of nitrogen functional groups attached to an aromatic ring is 1. The van der Waals surface area contributed by atoms with Gasteiger partial charge in [-0.05, 0) is 18.1 Å². The lowest BCUT2D eigenvalue weighted by Gasteiger charge is -2.13. The summed E-state index contributed by atoms with van der Waals surface area (Å²) < 4.78 is 5.23. The summed E-state index contributed by atoms with van der Waals surface area (Å²) in [5, 5.41) is 3.20. The minimum atomic E-state index is 0.407. The maximum absolute atomic E-state index is 6.02. The molecule has 0 radical (unpaired) electrons. The van der Waals surface area contributed by atoms with Gasteiger partial charge in [-0.3, -0.25) is 4.98 Å². The van der Waals surface area contributed by atoms with E-state index in [1.54, 1.807) is 13.3 Å². The highest BCUT2D eigenvalue weighted by Gasteiger charge is 2.13. The molecule has 3 N–H and O–H groups in total. The van der Waals surface area contributed by atoms with Crippen LogP contribution in [0.5, 0.6) is 5.88 Å². The van der Waals surface area contributed by atoms with Crippen LogP contribution in [0.4, 0.5) is 11.5 Å². The molecule has 2 rings (SSSR count). The number of rotatable bonds is 6. The van der Waals surface area contributed by atoms with Crippen molar-refractivity contribution in [3.63, 3.8) is 0 Å². The number of hydrogen-bond acceptors (Lipinski definition) is 6. The Kier molecular flexibility index (Phi) is 4.92. The number of nitrogens with one attached hydrogen (secondary N) is 1. The lowest BCUT2D eigenvalue weighted by atomic mass is 10.1. The Balaban J connectivity index is 2.20. The van der Waals surface area contributed by atoms with Gasteiger partial charge in [0.2, 0.25) is 5.88 Å². The normalized spacial score (nSPS) is 10.7. The summed E-state index contributed by atoms with van der Waals surface area (Å²) in [5.74, 6) is 2.17. The van der Waals surface area contributed by atoms with Crippen LogP contribution in [0.25, 0.3) is 0 Å². The Morgan fingerprint density at radius 3 is 2.71 bits per heavy atom. The van der Waals surface area contributed by atoms with E-state index in [0.29, 0.717) is 29.8 Å². The first-order valence-electron chi connectivity index (χ1n) is 6.94. The van der Waals surface area contributed by atoms with Gasteiger partial charge in [0.05, 0.1) is 19.3 Å². The molecule has 0 saturated carbocycles. The highest BCUT2D eigenvalue weighted by Crippen LogP contribution is 2.26. The Hall–Kier alpha value is -2.37. The van der Waals surface area contributed by atoms with Gasteiger partial charge in [-0.2, -0.15) is 4.98 Å². The van der Waals surface area contributed by atoms with Gasteiger partial charge in [0.25, 0.3) is 0 Å². The van der Waals surface area contributed by atoms with Crippen LogP contribution in [-0.4, -0.2) is 22.1 Å². The van der Waals surface area contributed by atoms with Crippen LogP contribution in [0, 0.1) is 5.92 Å². The fourth-order valence-electron chi connectivity index (χ4n) is 1.92. The van der Waals surface area contributed by atoms with Crippen molar-refractivity contribution in [2.75, 3.05) is 18.2 Å². The summed E-state index contributed by atoms with van der Waals surface area (Å²) in [7, 11) is 1.56. The highest BCUT2D eigenvalue weighted by atomic mass is 16.5. The highest BCUT2D eigenvalue weighted by molar-refractivity contribution is 5.66. The first-order chi connectivity index (χ1) is 10.1. The molecule has 2 heterocycles. The van der Waals surface area contributed by atoms with E-state index in [-0.39, 0.29) is 0 Å². The lowest BCUT2D eigenvalue weighted by Crippen LogP contribution is -2.11. The molecule has 6 heteroatoms. The van der Waals surface area contributed by atoms with E-state index in [0.717, 1.165) is 17.9 Å². The van der Waals surface area contributed by atoms with E-state index >= 15 is 0 Å². The zero-order chi connectivity index (χ0) is 15.2. The van der Waals surface area contributed by atoms with Crippen LogP contribution >= 0.6 is 0 Å². The van der Waals surface area contributed by atoms with Gasteiger partial charge < -0.3 is 15.8 Å². The van der Waals surface area contributed by atoms with Crippen molar-refractivity contribution in [3.8, 4) is 5.88 Å². The predicted octanol–water partition coefficient (Wildman–Crippen LogP) is 2.27. The number of nitrogens with zero attached hydrogens (tertiary/aromatic N) is 3. The molecule has 2 aromatic heterocycles. The Bertz CT molecular complexity index is 586. The van der Waals surface area contributed by atoms with Crippen molar-refractivity contribution in [1.82, 2.24) is 15.0 Å². The van der Waals surface area contributed by atoms with Gasteiger partial charge in [-0.1, -0.05) is 19.9 Å². The summed E-state index contributed by atoms with van der Waals surface area (Å²) in [5.41, 5.74) is 7.36. The van der Waals surface area contributed by atoms with Crippen LogP contribution in [0.15, 0.2) is 24.4 Å². The number of aromatic nitrogens is 3. The third kappa shape index (κ3) is 4.05. The molecular formula is C15H21N5O. The van der Waals surface area contributed by atoms with Gasteiger partial charge in [-0.15, -0.1) is 0 Å². The number of nitrogens with two attached hydrogens (primary N) is 1. The first-order valence-corrected chi connectivity index (χ1v) is 6.94. The van der Waals surface area contributed by atoms with Crippen LogP contribution in [-0.2, 0) is 13.0 Å². The van der Waals surface area contributed by atoms with Crippen molar-refractivity contribution in [2.45, 2.75) is 26.8 Å². The fourth-order valence-corrected chi connectivity index (χ4v) is 1.92. The van der Waals surface area contributed by atoms with Crippen LogP contribution in [0.2, 0.25) is 0 Å². The van der Waals surface area contributed by atoms with Gasteiger partial charge >= 0.3 is 0 Å². The Labute approximate surface area is 124 Å². The van der Waals surface area contributed by atoms with Crippen LogP contribution in [0.3, 0.4) is 0 Å². The minimum Gasteiger partial charge on any atom is -0.479 e. The predicted molar refractivity (Wildman–Crippen MR) is 83.1 cm³/mol. The fraction of sp³-hybridized carbons (Fsp3) is 0.400. The molecule has 6 nitrogen and oxygen atoms in total. The summed E-state index contributed by atoms with van der Waals surface area (Å²) in [4.78, 5) is 13.1. The van der Waals surface area contributed by atoms with Gasteiger partial charge in [0.15, 0.2) is 5.82 Å². The van der Waals surface area contributed by atoms with E-state index in [4.69, 9.17) is 10.5 Å². The van der Waals surface area contributed by atoms with E-state index < -0.39 is 0 Å². The van der Waals surface area contributed by atoms with E-state index in [1.807, 2.05) is 18.2 Å². The molecule has 0 fully saturated rings. The minimum absolute atomic E-state index is 0.407. The zero-order valence-electron chi connectivity index (χ0n) is 12.6. The summed E-state index contributed by atoms with van der Waals surface area (Å²) in [6, 6.07) is 5.76. The number of ether oxygens (including phenoxy) is 1. The Morgan fingerprint density at radius 2 is 2.10 bits per heavy atom. The second-order valence-corrected chi connectivity index (χ2v) is 5.18. The molecule has 0 spiro atoms. The molecule has 0 aromatic carbocycles. The van der Waals surface area contributed by atoms with Crippen molar-refractivity contribution in [2.24, 2.45) is 5.92 Å². The monoisotopic (exact) mass is 287 g/mol. The van der Waals surface area contributed by atoms with Gasteiger partial charge in [0.1, 0.15) is 11.5 Å². The second kappa shape index (κ2) is 6.88. The summed E-state index contributed by atoms with van der Waals surface area (Å²) in [6.45, 7) is 4.78. The third-order valence-corrected chi connectivity index (χ3v) is 2.90. The van der Waals surface area contributed by atoms with Crippen molar-refractivity contribution in [3.05, 3.63) is 35.9 Å². The van der Waals surface area contributed by atoms with E-state index in [9.17, 15) is 0 Å². The molecule has 0 aliphatic rings. The standard InChI is InChI=1S/C15H21N5O/c1-10(2)8-12-19-14(13(16)15(20-12)21-3)18-9-11-6-4-5-7-17-11/h4-7,10H,8-9,16H2,1-3H3,(H,18,19,20). The average Bonchev–Trinajstić information content (AvgIpc) is 2.48. The second-order valence-electron chi connectivity index (χ2n) is 5.18. The Morgan fingerprint density at radius 1 is 1.29 bits per heavy atom. The van der Waals surface area contributed by atoms with Gasteiger partial charge in [0, 0.05) is 12.6 Å². The molecular weight excluding hydrogens is 266 g/mol. The van der Waals surface area contributed by atoms with E-state index in [1.165, 1.54) is 0 Å². The van der Waals surface area contributed by atoms with Crippen molar-refractivity contribution in [1.29, 1.82) is 0 Å². The molecule has 21 heavy (non-hydrogen) atoms. The quantitative estimate of drug-likeness (QED) is 0.847. The topological polar surface area (TPSA) is 86.0 Å².